The Kier molecular flexibility index (Phi) is 5.31. The van der Waals surface area contributed by atoms with Gasteiger partial charge >= 0.3 is 0 Å². The van der Waals surface area contributed by atoms with Crippen LogP contribution in [0.4, 0.5) is 0 Å². The molecule has 0 heterocycles. The summed E-state index contributed by atoms with van der Waals surface area (Å²) in [6.07, 6.45) is 1.52. The van der Waals surface area contributed by atoms with Gasteiger partial charge in [-0.3, -0.25) is 4.84 Å². The van der Waals surface area contributed by atoms with Crippen LogP contribution < -0.4 is 11.2 Å². The zero-order valence-electron chi connectivity index (χ0n) is 8.85. The molecule has 0 aliphatic carbocycles. The number of nitrogens with zero attached hydrogens (tertiary/aromatic N) is 2. The highest BCUT2D eigenvalue weighted by molar-refractivity contribution is 6.33. The maximum absolute atomic E-state index is 5.91. The molecule has 0 aliphatic rings. The van der Waals surface area contributed by atoms with Crippen LogP contribution in [0, 0.1) is 0 Å². The number of nitrogens with two attached hydrogens (primary N) is 1. The van der Waals surface area contributed by atoms with Crippen LogP contribution in [0.1, 0.15) is 12.5 Å². The van der Waals surface area contributed by atoms with E-state index in [2.05, 4.69) is 15.7 Å². The highest BCUT2D eigenvalue weighted by Crippen LogP contribution is 2.12. The standard InChI is InChI=1S/C10H13ClN4O/c1-2-16-15-10(12)14-13-7-8-5-3-4-6-9(8)11/h3-7H,2H2,1H3,(H3,12,14,15)/b13-7+. The lowest BCUT2D eigenvalue weighted by Crippen LogP contribution is -2.31. The van der Waals surface area contributed by atoms with Gasteiger partial charge in [-0.15, -0.1) is 5.10 Å². The van der Waals surface area contributed by atoms with Gasteiger partial charge in [-0.05, 0) is 13.0 Å². The lowest BCUT2D eigenvalue weighted by atomic mass is 10.2. The first kappa shape index (κ1) is 12.5. The van der Waals surface area contributed by atoms with E-state index in [1.165, 1.54) is 6.21 Å². The molecule has 1 aromatic carbocycles. The highest BCUT2D eigenvalue weighted by atomic mass is 35.5. The Bertz CT molecular complexity index is 392. The number of rotatable bonds is 4. The number of hydrogen-bond acceptors (Lipinski definition) is 3. The van der Waals surface area contributed by atoms with Gasteiger partial charge in [0.15, 0.2) is 0 Å². The molecule has 1 aromatic rings. The predicted octanol–water partition coefficient (Wildman–Crippen LogP) is 1.53. The molecule has 86 valence electrons. The summed E-state index contributed by atoms with van der Waals surface area (Å²) in [7, 11) is 0. The number of hydrogen-bond donors (Lipinski definition) is 2. The van der Waals surface area contributed by atoms with Crippen LogP contribution in [0.5, 0.6) is 0 Å². The SMILES string of the molecule is CCON/C(N)=N/N=C/c1ccccc1Cl. The van der Waals surface area contributed by atoms with Crippen LogP contribution in [-0.4, -0.2) is 18.8 Å². The molecule has 16 heavy (non-hydrogen) atoms. The van der Waals surface area contributed by atoms with Crippen molar-refractivity contribution in [1.82, 2.24) is 5.48 Å². The van der Waals surface area contributed by atoms with Crippen molar-refractivity contribution in [1.29, 1.82) is 0 Å². The van der Waals surface area contributed by atoms with Crippen molar-refractivity contribution >= 4 is 23.8 Å². The fourth-order valence-corrected chi connectivity index (χ4v) is 1.08. The van der Waals surface area contributed by atoms with E-state index in [0.717, 1.165) is 5.56 Å². The average molecular weight is 241 g/mol. The second kappa shape index (κ2) is 6.81. The largest absolute Gasteiger partial charge is 0.367 e. The van der Waals surface area contributed by atoms with Crippen molar-refractivity contribution in [3.05, 3.63) is 34.9 Å². The van der Waals surface area contributed by atoms with Crippen LogP contribution in [0.15, 0.2) is 34.5 Å². The zero-order valence-corrected chi connectivity index (χ0v) is 9.61. The van der Waals surface area contributed by atoms with Gasteiger partial charge in [-0.25, -0.2) is 5.48 Å². The molecule has 1 rings (SSSR count). The molecule has 5 nitrogen and oxygen atoms in total. The Morgan fingerprint density at radius 3 is 3.00 bits per heavy atom. The molecular weight excluding hydrogens is 228 g/mol. The van der Waals surface area contributed by atoms with Crippen LogP contribution in [0.2, 0.25) is 5.02 Å². The molecule has 0 radical (unpaired) electrons. The second-order valence-corrected chi connectivity index (χ2v) is 3.19. The van der Waals surface area contributed by atoms with Crippen LogP contribution in [-0.2, 0) is 4.84 Å². The second-order valence-electron chi connectivity index (χ2n) is 2.79. The summed E-state index contributed by atoms with van der Waals surface area (Å²) in [4.78, 5) is 4.82. The van der Waals surface area contributed by atoms with Crippen molar-refractivity contribution in [2.75, 3.05) is 6.61 Å². The Labute approximate surface area is 98.9 Å². The Balaban J connectivity index is 2.57. The number of hydroxylamine groups is 1. The van der Waals surface area contributed by atoms with Crippen molar-refractivity contribution in [2.45, 2.75) is 6.92 Å². The van der Waals surface area contributed by atoms with Crippen LogP contribution in [0.3, 0.4) is 0 Å². The summed E-state index contributed by atoms with van der Waals surface area (Å²) in [5.74, 6) is 0.0881. The molecular formula is C10H13ClN4O. The molecule has 0 bridgehead atoms. The van der Waals surface area contributed by atoms with E-state index >= 15 is 0 Å². The molecule has 0 aromatic heterocycles. The third kappa shape index (κ3) is 4.29. The Morgan fingerprint density at radius 2 is 2.31 bits per heavy atom. The van der Waals surface area contributed by atoms with Gasteiger partial charge in [0, 0.05) is 10.6 Å². The first-order valence-electron chi connectivity index (χ1n) is 4.73. The number of halogens is 1. The summed E-state index contributed by atoms with van der Waals surface area (Å²) in [5, 5.41) is 8.04. The molecule has 0 unspecified atom stereocenters. The Morgan fingerprint density at radius 1 is 1.56 bits per heavy atom. The third-order valence-electron chi connectivity index (χ3n) is 1.59. The maximum atomic E-state index is 5.91. The summed E-state index contributed by atoms with van der Waals surface area (Å²) >= 11 is 5.91. The normalized spacial score (nSPS) is 12.0. The lowest BCUT2D eigenvalue weighted by molar-refractivity contribution is 0.0958. The van der Waals surface area contributed by atoms with E-state index in [9.17, 15) is 0 Å². The van der Waals surface area contributed by atoms with Gasteiger partial charge in [0.05, 0.1) is 12.8 Å². The molecule has 0 saturated heterocycles. The van der Waals surface area contributed by atoms with Gasteiger partial charge in [0.2, 0.25) is 5.96 Å². The summed E-state index contributed by atoms with van der Waals surface area (Å²) < 4.78 is 0. The van der Waals surface area contributed by atoms with Gasteiger partial charge in [-0.1, -0.05) is 29.8 Å². The summed E-state index contributed by atoms with van der Waals surface area (Å²) in [6, 6.07) is 7.30. The van der Waals surface area contributed by atoms with Crippen molar-refractivity contribution < 1.29 is 4.84 Å². The first-order chi connectivity index (χ1) is 7.74. The molecule has 0 spiro atoms. The minimum atomic E-state index is 0.0881. The van der Waals surface area contributed by atoms with Crippen LogP contribution in [0.25, 0.3) is 0 Å². The quantitative estimate of drug-likeness (QED) is 0.476. The van der Waals surface area contributed by atoms with E-state index in [4.69, 9.17) is 22.2 Å². The smallest absolute Gasteiger partial charge is 0.237 e. The van der Waals surface area contributed by atoms with E-state index in [0.29, 0.717) is 11.6 Å². The third-order valence-corrected chi connectivity index (χ3v) is 1.93. The first-order valence-corrected chi connectivity index (χ1v) is 5.10. The molecule has 0 aliphatic heterocycles. The van der Waals surface area contributed by atoms with Gasteiger partial charge < -0.3 is 5.73 Å². The van der Waals surface area contributed by atoms with E-state index in [-0.39, 0.29) is 5.96 Å². The van der Waals surface area contributed by atoms with E-state index in [1.54, 1.807) is 6.07 Å². The topological polar surface area (TPSA) is 72.0 Å². The molecule has 0 saturated carbocycles. The Hall–Kier alpha value is -1.59. The number of benzene rings is 1. The van der Waals surface area contributed by atoms with Crippen molar-refractivity contribution in [3.8, 4) is 0 Å². The maximum Gasteiger partial charge on any atom is 0.237 e. The number of guanidine groups is 1. The molecule has 0 fully saturated rings. The predicted molar refractivity (Wildman–Crippen MR) is 65.4 cm³/mol. The average Bonchev–Trinajstić information content (AvgIpc) is 2.29. The van der Waals surface area contributed by atoms with Crippen LogP contribution >= 0.6 is 11.6 Å². The summed E-state index contributed by atoms with van der Waals surface area (Å²) in [5.41, 5.74) is 8.62. The van der Waals surface area contributed by atoms with Gasteiger partial charge in [0.1, 0.15) is 0 Å². The van der Waals surface area contributed by atoms with E-state index in [1.807, 2.05) is 25.1 Å². The minimum Gasteiger partial charge on any atom is -0.367 e. The fourth-order valence-electron chi connectivity index (χ4n) is 0.900. The molecule has 3 N–H and O–H groups in total. The van der Waals surface area contributed by atoms with Crippen molar-refractivity contribution in [2.24, 2.45) is 15.9 Å². The zero-order chi connectivity index (χ0) is 11.8. The lowest BCUT2D eigenvalue weighted by Gasteiger charge is -2.00. The summed E-state index contributed by atoms with van der Waals surface area (Å²) in [6.45, 7) is 2.32. The number of nitrogens with one attached hydrogen (secondary N) is 1. The van der Waals surface area contributed by atoms with Gasteiger partial charge in [0.25, 0.3) is 0 Å². The van der Waals surface area contributed by atoms with E-state index < -0.39 is 0 Å². The monoisotopic (exact) mass is 240 g/mol. The highest BCUT2D eigenvalue weighted by Gasteiger charge is 1.93. The molecule has 6 heteroatoms. The molecule has 0 atom stereocenters. The minimum absolute atomic E-state index is 0.0881. The van der Waals surface area contributed by atoms with Gasteiger partial charge in [-0.2, -0.15) is 5.10 Å². The van der Waals surface area contributed by atoms with Crippen molar-refractivity contribution in [3.63, 3.8) is 0 Å². The fraction of sp³-hybridized carbons (Fsp3) is 0.200. The molecule has 0 amide bonds.